The minimum Gasteiger partial charge on any atom is -0.0984 e. The van der Waals surface area contributed by atoms with E-state index in [1.807, 2.05) is 26.0 Å². The van der Waals surface area contributed by atoms with Gasteiger partial charge in [0.15, 0.2) is 0 Å². The van der Waals surface area contributed by atoms with Crippen LogP contribution >= 0.6 is 0 Å². The summed E-state index contributed by atoms with van der Waals surface area (Å²) in [6, 6.07) is 17.1. The number of hydrogen-bond acceptors (Lipinski definition) is 0. The van der Waals surface area contributed by atoms with E-state index in [0.717, 1.165) is 11.1 Å². The third-order valence-corrected chi connectivity index (χ3v) is 3.43. The zero-order valence-electron chi connectivity index (χ0n) is 12.2. The number of fused-ring (bicyclic) bond motifs is 3. The number of benzene rings is 3. The van der Waals surface area contributed by atoms with E-state index in [-0.39, 0.29) is 0 Å². The Morgan fingerprint density at radius 2 is 1.40 bits per heavy atom. The molecule has 0 aliphatic heterocycles. The fraction of sp³-hybridized carbons (Fsp3) is 0.100. The molecule has 0 fully saturated rings. The lowest BCUT2D eigenvalue weighted by molar-refractivity contribution is 1.50. The highest BCUT2D eigenvalue weighted by Gasteiger charge is 2.05. The molecule has 20 heavy (non-hydrogen) atoms. The maximum Gasteiger partial charge on any atom is -0.00990 e. The molecule has 0 aliphatic rings. The first kappa shape index (κ1) is 14.1. The van der Waals surface area contributed by atoms with Crippen LogP contribution in [-0.2, 0) is 0 Å². The summed E-state index contributed by atoms with van der Waals surface area (Å²) in [6.45, 7) is 11.8. The van der Waals surface area contributed by atoms with Crippen LogP contribution in [0.25, 0.3) is 33.7 Å². The van der Waals surface area contributed by atoms with Gasteiger partial charge in [0, 0.05) is 0 Å². The summed E-state index contributed by atoms with van der Waals surface area (Å²) in [4.78, 5) is 0. The molecule has 0 saturated heterocycles. The van der Waals surface area contributed by atoms with Gasteiger partial charge in [-0.2, -0.15) is 0 Å². The molecule has 0 atom stereocenters. The molecular weight excluding hydrogens is 240 g/mol. The molecule has 0 heteroatoms. The van der Waals surface area contributed by atoms with Gasteiger partial charge < -0.3 is 0 Å². The minimum atomic E-state index is 1.13. The van der Waals surface area contributed by atoms with Gasteiger partial charge in [0.05, 0.1) is 0 Å². The third kappa shape index (κ3) is 2.25. The maximum atomic E-state index is 3.92. The summed E-state index contributed by atoms with van der Waals surface area (Å²) >= 11 is 0. The van der Waals surface area contributed by atoms with E-state index in [0.29, 0.717) is 0 Å². The van der Waals surface area contributed by atoms with Crippen molar-refractivity contribution >= 4 is 33.7 Å². The first-order valence-corrected chi connectivity index (χ1v) is 7.04. The van der Waals surface area contributed by atoms with Crippen molar-refractivity contribution in [3.63, 3.8) is 0 Å². The smallest absolute Gasteiger partial charge is 0.00990 e. The molecule has 3 rings (SSSR count). The lowest BCUT2D eigenvalue weighted by Crippen LogP contribution is -1.85. The molecule has 0 N–H and O–H groups in total. The van der Waals surface area contributed by atoms with E-state index in [1.54, 1.807) is 0 Å². The van der Waals surface area contributed by atoms with Gasteiger partial charge >= 0.3 is 0 Å². The van der Waals surface area contributed by atoms with Crippen LogP contribution in [0.15, 0.2) is 61.7 Å². The lowest BCUT2D eigenvalue weighted by Gasteiger charge is -2.09. The normalized spacial score (nSPS) is 9.90. The Morgan fingerprint density at radius 1 is 0.700 bits per heavy atom. The predicted molar refractivity (Wildman–Crippen MR) is 93.0 cm³/mol. The maximum absolute atomic E-state index is 3.92. The second-order valence-corrected chi connectivity index (χ2v) is 4.36. The highest BCUT2D eigenvalue weighted by atomic mass is 14.1. The topological polar surface area (TPSA) is 0 Å². The predicted octanol–water partition coefficient (Wildman–Crippen LogP) is 6.31. The van der Waals surface area contributed by atoms with Crippen LogP contribution in [0.2, 0.25) is 0 Å². The molecular formula is C20H20. The first-order valence-electron chi connectivity index (χ1n) is 7.04. The second-order valence-electron chi connectivity index (χ2n) is 4.36. The zero-order valence-corrected chi connectivity index (χ0v) is 12.2. The number of rotatable bonds is 2. The van der Waals surface area contributed by atoms with Gasteiger partial charge in [-0.05, 0) is 32.7 Å². The Morgan fingerprint density at radius 3 is 2.10 bits per heavy atom. The molecule has 3 aromatic carbocycles. The van der Waals surface area contributed by atoms with E-state index in [4.69, 9.17) is 0 Å². The molecule has 100 valence electrons. The fourth-order valence-corrected chi connectivity index (χ4v) is 2.53. The van der Waals surface area contributed by atoms with Gasteiger partial charge in [-0.3, -0.25) is 0 Å². The molecule has 0 aliphatic carbocycles. The summed E-state index contributed by atoms with van der Waals surface area (Å²) in [5.74, 6) is 0. The van der Waals surface area contributed by atoms with Crippen molar-refractivity contribution in [2.75, 3.05) is 0 Å². The monoisotopic (exact) mass is 260 g/mol. The highest BCUT2D eigenvalue weighted by Crippen LogP contribution is 2.30. The Balaban J connectivity index is 0.000000704. The third-order valence-electron chi connectivity index (χ3n) is 3.43. The van der Waals surface area contributed by atoms with Gasteiger partial charge in [0.1, 0.15) is 0 Å². The van der Waals surface area contributed by atoms with Crippen LogP contribution in [-0.4, -0.2) is 0 Å². The summed E-state index contributed by atoms with van der Waals surface area (Å²) < 4.78 is 0. The molecule has 0 amide bonds. The molecule has 0 nitrogen and oxygen atoms in total. The largest absolute Gasteiger partial charge is 0.0984 e. The van der Waals surface area contributed by atoms with Crippen LogP contribution in [0.5, 0.6) is 0 Å². The van der Waals surface area contributed by atoms with Crippen molar-refractivity contribution in [2.45, 2.75) is 13.8 Å². The highest BCUT2D eigenvalue weighted by molar-refractivity contribution is 6.10. The summed E-state index contributed by atoms with van der Waals surface area (Å²) in [6.07, 6.45) is 3.79. The van der Waals surface area contributed by atoms with Crippen LogP contribution in [0.3, 0.4) is 0 Å². The van der Waals surface area contributed by atoms with Crippen LogP contribution in [0.1, 0.15) is 25.0 Å². The van der Waals surface area contributed by atoms with Gasteiger partial charge in [0.25, 0.3) is 0 Å². The Hall–Kier alpha value is -2.34. The van der Waals surface area contributed by atoms with Gasteiger partial charge in [-0.25, -0.2) is 0 Å². The Labute approximate surface area is 121 Å². The van der Waals surface area contributed by atoms with E-state index >= 15 is 0 Å². The van der Waals surface area contributed by atoms with Crippen molar-refractivity contribution in [1.82, 2.24) is 0 Å². The average Bonchev–Trinajstić information content (AvgIpc) is 2.55. The van der Waals surface area contributed by atoms with Crippen LogP contribution in [0, 0.1) is 0 Å². The summed E-state index contributed by atoms with van der Waals surface area (Å²) in [7, 11) is 0. The Kier molecular flexibility index (Phi) is 4.37. The summed E-state index contributed by atoms with van der Waals surface area (Å²) in [5, 5.41) is 5.06. The van der Waals surface area contributed by atoms with Gasteiger partial charge in [-0.15, -0.1) is 0 Å². The van der Waals surface area contributed by atoms with E-state index in [2.05, 4.69) is 61.7 Å². The minimum absolute atomic E-state index is 1.13. The average molecular weight is 260 g/mol. The van der Waals surface area contributed by atoms with E-state index < -0.39 is 0 Å². The SMILES string of the molecule is C=Cc1ccc2c(ccc3ccccc32)c1C=C.CC. The molecule has 0 radical (unpaired) electrons. The standard InChI is InChI=1S/C18H14.C2H6/c1-3-13-9-11-18-16-8-6-5-7-14(16)10-12-17(18)15(13)4-2;1-2/h3-12H,1-2H2;1-2H3. The molecule has 0 bridgehead atoms. The van der Waals surface area contributed by atoms with Gasteiger partial charge in [0.2, 0.25) is 0 Å². The molecule has 0 aromatic heterocycles. The Bertz CT molecular complexity index is 763. The molecule has 0 unspecified atom stereocenters. The van der Waals surface area contributed by atoms with Crippen molar-refractivity contribution in [3.8, 4) is 0 Å². The molecule has 3 aromatic rings. The lowest BCUT2D eigenvalue weighted by atomic mass is 9.95. The molecule has 0 saturated carbocycles. The molecule has 0 spiro atoms. The van der Waals surface area contributed by atoms with Crippen LogP contribution in [0.4, 0.5) is 0 Å². The van der Waals surface area contributed by atoms with E-state index in [1.165, 1.54) is 21.5 Å². The van der Waals surface area contributed by atoms with Crippen molar-refractivity contribution in [3.05, 3.63) is 72.8 Å². The molecule has 0 heterocycles. The fourth-order valence-electron chi connectivity index (χ4n) is 2.53. The number of hydrogen-bond donors (Lipinski definition) is 0. The first-order chi connectivity index (χ1) is 9.85. The van der Waals surface area contributed by atoms with Crippen LogP contribution < -0.4 is 0 Å². The van der Waals surface area contributed by atoms with Crippen molar-refractivity contribution in [2.24, 2.45) is 0 Å². The van der Waals surface area contributed by atoms with Crippen molar-refractivity contribution < 1.29 is 0 Å². The summed E-state index contributed by atoms with van der Waals surface area (Å²) in [5.41, 5.74) is 2.29. The second kappa shape index (κ2) is 6.21. The van der Waals surface area contributed by atoms with E-state index in [9.17, 15) is 0 Å². The van der Waals surface area contributed by atoms with Crippen molar-refractivity contribution in [1.29, 1.82) is 0 Å². The quantitative estimate of drug-likeness (QED) is 0.474. The zero-order chi connectivity index (χ0) is 14.5. The van der Waals surface area contributed by atoms with Gasteiger partial charge in [-0.1, -0.05) is 87.7 Å².